The average Bonchev–Trinajstić information content (AvgIpc) is 2.52. The number of nitrogens with zero attached hydrogens (tertiary/aromatic N) is 2. The Balaban J connectivity index is 2.05. The van der Waals surface area contributed by atoms with Gasteiger partial charge in [-0.3, -0.25) is 4.79 Å². The third-order valence-electron chi connectivity index (χ3n) is 3.11. The summed E-state index contributed by atoms with van der Waals surface area (Å²) in [4.78, 5) is 10.6. The smallest absolute Gasteiger partial charge is 0.268 e. The summed E-state index contributed by atoms with van der Waals surface area (Å²) in [6.45, 7) is 0.0145. The number of rotatable bonds is 6. The van der Waals surface area contributed by atoms with Gasteiger partial charge in [-0.05, 0) is 24.6 Å². The molecule has 2 rings (SSSR count). The molecule has 130 valence electrons. The van der Waals surface area contributed by atoms with Crippen molar-refractivity contribution in [2.75, 3.05) is 6.54 Å². The molecule has 0 unspecified atom stereocenters. The molecule has 0 atom stereocenters. The van der Waals surface area contributed by atoms with Crippen LogP contribution in [0.5, 0.6) is 0 Å². The predicted molar refractivity (Wildman–Crippen MR) is 79.7 cm³/mol. The monoisotopic (exact) mass is 361 g/mol. The van der Waals surface area contributed by atoms with Gasteiger partial charge in [0.05, 0.1) is 10.5 Å². The third kappa shape index (κ3) is 4.42. The lowest BCUT2D eigenvalue weighted by Gasteiger charge is -2.13. The first-order valence-corrected chi connectivity index (χ1v) is 8.38. The van der Waals surface area contributed by atoms with Crippen LogP contribution in [-0.4, -0.2) is 24.7 Å². The van der Waals surface area contributed by atoms with Crippen LogP contribution in [0.15, 0.2) is 52.3 Å². The molecule has 0 aliphatic carbocycles. The third-order valence-corrected chi connectivity index (χ3v) is 4.63. The lowest BCUT2D eigenvalue weighted by atomic mass is 10.2. The van der Waals surface area contributed by atoms with Gasteiger partial charge in [-0.15, -0.1) is 0 Å². The van der Waals surface area contributed by atoms with E-state index in [0.717, 1.165) is 16.8 Å². The molecule has 0 spiro atoms. The fourth-order valence-corrected chi connectivity index (χ4v) is 3.30. The van der Waals surface area contributed by atoms with Gasteiger partial charge < -0.3 is 0 Å². The van der Waals surface area contributed by atoms with E-state index in [4.69, 9.17) is 0 Å². The molecule has 0 aliphatic heterocycles. The normalized spacial score (nSPS) is 12.3. The minimum atomic E-state index is -4.77. The van der Waals surface area contributed by atoms with Crippen LogP contribution in [0, 0.1) is 0 Å². The second-order valence-corrected chi connectivity index (χ2v) is 6.57. The zero-order chi connectivity index (χ0) is 17.8. The van der Waals surface area contributed by atoms with Crippen LogP contribution in [0.3, 0.4) is 0 Å². The van der Waals surface area contributed by atoms with Crippen molar-refractivity contribution in [3.8, 4) is 0 Å². The largest absolute Gasteiger partial charge is 0.417 e. The zero-order valence-corrected chi connectivity index (χ0v) is 13.1. The Kier molecular flexibility index (Phi) is 5.40. The number of halogens is 3. The standard InChI is InChI=1S/C14H14F3N3O3S/c15-14(16,17)11-5-1-2-6-12(11)24(22,23)19-9-4-10-20-13(21)7-3-8-18-20/h1-3,5-8,19H,4,9-10H2. The van der Waals surface area contributed by atoms with Crippen LogP contribution < -0.4 is 10.3 Å². The van der Waals surface area contributed by atoms with Crippen LogP contribution >= 0.6 is 0 Å². The van der Waals surface area contributed by atoms with Gasteiger partial charge >= 0.3 is 6.18 Å². The predicted octanol–water partition coefficient (Wildman–Crippen LogP) is 1.63. The highest BCUT2D eigenvalue weighted by molar-refractivity contribution is 7.89. The molecule has 1 aromatic carbocycles. The molecule has 2 aromatic rings. The Bertz CT molecular complexity index is 863. The fraction of sp³-hybridized carbons (Fsp3) is 0.286. The molecule has 0 saturated heterocycles. The molecule has 0 fully saturated rings. The molecule has 1 aromatic heterocycles. The molecule has 6 nitrogen and oxygen atoms in total. The fourth-order valence-electron chi connectivity index (χ4n) is 2.00. The summed E-state index contributed by atoms with van der Waals surface area (Å²) in [6, 6.07) is 6.72. The lowest BCUT2D eigenvalue weighted by Crippen LogP contribution is -2.29. The van der Waals surface area contributed by atoms with Crippen molar-refractivity contribution in [3.05, 3.63) is 58.5 Å². The quantitative estimate of drug-likeness (QED) is 0.793. The summed E-state index contributed by atoms with van der Waals surface area (Å²) >= 11 is 0. The van der Waals surface area contributed by atoms with Crippen molar-refractivity contribution >= 4 is 10.0 Å². The second-order valence-electron chi connectivity index (χ2n) is 4.83. The van der Waals surface area contributed by atoms with E-state index in [2.05, 4.69) is 9.82 Å². The lowest BCUT2D eigenvalue weighted by molar-refractivity contribution is -0.139. The maximum atomic E-state index is 12.9. The van der Waals surface area contributed by atoms with Gasteiger partial charge in [0, 0.05) is 25.4 Å². The molecule has 0 amide bonds. The summed E-state index contributed by atoms with van der Waals surface area (Å²) in [5.74, 6) is 0. The summed E-state index contributed by atoms with van der Waals surface area (Å²) in [6.07, 6.45) is -3.16. The van der Waals surface area contributed by atoms with E-state index in [1.54, 1.807) is 0 Å². The van der Waals surface area contributed by atoms with E-state index in [0.29, 0.717) is 6.07 Å². The van der Waals surface area contributed by atoms with Crippen molar-refractivity contribution in [2.24, 2.45) is 0 Å². The topological polar surface area (TPSA) is 81.1 Å². The highest BCUT2D eigenvalue weighted by Gasteiger charge is 2.36. The number of aromatic nitrogens is 2. The molecule has 0 aliphatic rings. The number of alkyl halides is 3. The first kappa shape index (κ1) is 18.1. The molecule has 1 N–H and O–H groups in total. The Labute approximate surface area is 136 Å². The van der Waals surface area contributed by atoms with Crippen LogP contribution in [0.4, 0.5) is 13.2 Å². The number of sulfonamides is 1. The summed E-state index contributed by atoms with van der Waals surface area (Å²) in [5.41, 5.74) is -1.57. The summed E-state index contributed by atoms with van der Waals surface area (Å²) in [7, 11) is -4.32. The van der Waals surface area contributed by atoms with Crippen molar-refractivity contribution in [1.82, 2.24) is 14.5 Å². The van der Waals surface area contributed by atoms with E-state index in [9.17, 15) is 26.4 Å². The minimum Gasteiger partial charge on any atom is -0.268 e. The Morgan fingerprint density at radius 1 is 1.12 bits per heavy atom. The number of aryl methyl sites for hydroxylation is 1. The van der Waals surface area contributed by atoms with Crippen LogP contribution in [-0.2, 0) is 22.7 Å². The van der Waals surface area contributed by atoms with Crippen LogP contribution in [0.25, 0.3) is 0 Å². The molecule has 10 heteroatoms. The van der Waals surface area contributed by atoms with Gasteiger partial charge in [-0.2, -0.15) is 18.3 Å². The highest BCUT2D eigenvalue weighted by Crippen LogP contribution is 2.33. The molecular formula is C14H14F3N3O3S. The first-order valence-electron chi connectivity index (χ1n) is 6.90. The van der Waals surface area contributed by atoms with Crippen molar-refractivity contribution in [1.29, 1.82) is 0 Å². The number of hydrogen-bond acceptors (Lipinski definition) is 4. The van der Waals surface area contributed by atoms with Crippen molar-refractivity contribution in [3.63, 3.8) is 0 Å². The van der Waals surface area contributed by atoms with Gasteiger partial charge in [-0.1, -0.05) is 12.1 Å². The Morgan fingerprint density at radius 2 is 1.83 bits per heavy atom. The Hall–Kier alpha value is -2.20. The van der Waals surface area contributed by atoms with Gasteiger partial charge in [-0.25, -0.2) is 17.8 Å². The number of benzene rings is 1. The maximum absolute atomic E-state index is 12.9. The van der Waals surface area contributed by atoms with E-state index in [1.165, 1.54) is 24.4 Å². The number of nitrogens with one attached hydrogen (secondary N) is 1. The molecule has 24 heavy (non-hydrogen) atoms. The molecule has 0 bridgehead atoms. The number of hydrogen-bond donors (Lipinski definition) is 1. The van der Waals surface area contributed by atoms with Gasteiger partial charge in [0.15, 0.2) is 0 Å². The average molecular weight is 361 g/mol. The zero-order valence-electron chi connectivity index (χ0n) is 12.3. The van der Waals surface area contributed by atoms with Gasteiger partial charge in [0.2, 0.25) is 10.0 Å². The van der Waals surface area contributed by atoms with Gasteiger partial charge in [0.25, 0.3) is 5.56 Å². The SMILES string of the molecule is O=c1cccnn1CCCNS(=O)(=O)c1ccccc1C(F)(F)F. The van der Waals surface area contributed by atoms with E-state index in [-0.39, 0.29) is 25.1 Å². The van der Waals surface area contributed by atoms with Gasteiger partial charge in [0.1, 0.15) is 0 Å². The van der Waals surface area contributed by atoms with Crippen molar-refractivity contribution in [2.45, 2.75) is 24.0 Å². The van der Waals surface area contributed by atoms with Crippen LogP contribution in [0.1, 0.15) is 12.0 Å². The van der Waals surface area contributed by atoms with E-state index < -0.39 is 26.7 Å². The van der Waals surface area contributed by atoms with E-state index in [1.807, 2.05) is 0 Å². The van der Waals surface area contributed by atoms with Crippen molar-refractivity contribution < 1.29 is 21.6 Å². The second kappa shape index (κ2) is 7.14. The molecule has 0 saturated carbocycles. The summed E-state index contributed by atoms with van der Waals surface area (Å²) in [5, 5.41) is 3.80. The first-order chi connectivity index (χ1) is 11.2. The highest BCUT2D eigenvalue weighted by atomic mass is 32.2. The summed E-state index contributed by atoms with van der Waals surface area (Å²) < 4.78 is 66.1. The van der Waals surface area contributed by atoms with Crippen LogP contribution in [0.2, 0.25) is 0 Å². The molecule has 0 radical (unpaired) electrons. The maximum Gasteiger partial charge on any atom is 0.417 e. The van der Waals surface area contributed by atoms with E-state index >= 15 is 0 Å². The minimum absolute atomic E-state index is 0.127. The molecule has 1 heterocycles. The Morgan fingerprint density at radius 3 is 2.50 bits per heavy atom. The molecular weight excluding hydrogens is 347 g/mol.